The van der Waals surface area contributed by atoms with E-state index in [9.17, 15) is 9.59 Å². The maximum absolute atomic E-state index is 11.3. The molecule has 4 heteroatoms. The van der Waals surface area contributed by atoms with Crippen molar-refractivity contribution in [2.75, 3.05) is 13.2 Å². The number of carbonyl (C=O) groups excluding carboxylic acids is 2. The Bertz CT molecular complexity index is 202. The first kappa shape index (κ1) is 9.19. The van der Waals surface area contributed by atoms with Crippen LogP contribution >= 0.6 is 0 Å². The first-order valence-electron chi connectivity index (χ1n) is 4.15. The fourth-order valence-electron chi connectivity index (χ4n) is 1.41. The molecule has 0 saturated carbocycles. The van der Waals surface area contributed by atoms with Crippen LogP contribution in [0.3, 0.4) is 0 Å². The number of nitrogens with zero attached hydrogens (tertiary/aromatic N) is 1. The van der Waals surface area contributed by atoms with E-state index >= 15 is 0 Å². The second-order valence-electron chi connectivity index (χ2n) is 2.92. The van der Waals surface area contributed by atoms with Gasteiger partial charge >= 0.3 is 0 Å². The molecule has 1 unspecified atom stereocenters. The van der Waals surface area contributed by atoms with Gasteiger partial charge in [-0.2, -0.15) is 0 Å². The van der Waals surface area contributed by atoms with Crippen molar-refractivity contribution in [3.05, 3.63) is 0 Å². The molecule has 4 nitrogen and oxygen atoms in total. The Labute approximate surface area is 71.2 Å². The summed E-state index contributed by atoms with van der Waals surface area (Å²) in [6, 6.07) is 0. The summed E-state index contributed by atoms with van der Waals surface area (Å²) in [6.07, 6.45) is 1.02. The summed E-state index contributed by atoms with van der Waals surface area (Å²) < 4.78 is 0. The zero-order valence-electron chi connectivity index (χ0n) is 7.12. The van der Waals surface area contributed by atoms with Crippen molar-refractivity contribution in [1.82, 2.24) is 4.90 Å². The van der Waals surface area contributed by atoms with Gasteiger partial charge in [-0.1, -0.05) is 6.92 Å². The number of aliphatic hydroxyl groups excluding tert-OH is 1. The van der Waals surface area contributed by atoms with Crippen molar-refractivity contribution in [1.29, 1.82) is 0 Å². The smallest absolute Gasteiger partial charge is 0.232 e. The normalized spacial score (nSPS) is 23.8. The minimum atomic E-state index is -0.152. The van der Waals surface area contributed by atoms with Crippen LogP contribution in [0.15, 0.2) is 0 Å². The van der Waals surface area contributed by atoms with Gasteiger partial charge in [0.2, 0.25) is 11.8 Å². The van der Waals surface area contributed by atoms with Gasteiger partial charge in [-0.25, -0.2) is 0 Å². The lowest BCUT2D eigenvalue weighted by molar-refractivity contribution is -0.139. The van der Waals surface area contributed by atoms with Gasteiger partial charge in [-0.3, -0.25) is 14.5 Å². The molecule has 1 fully saturated rings. The number of rotatable bonds is 3. The van der Waals surface area contributed by atoms with Crippen molar-refractivity contribution < 1.29 is 14.7 Å². The van der Waals surface area contributed by atoms with Gasteiger partial charge in [0.05, 0.1) is 13.2 Å². The van der Waals surface area contributed by atoms with Crippen LogP contribution in [0.1, 0.15) is 19.8 Å². The lowest BCUT2D eigenvalue weighted by atomic mass is 10.1. The first-order chi connectivity index (χ1) is 5.70. The summed E-state index contributed by atoms with van der Waals surface area (Å²) in [7, 11) is 0. The molecule has 1 atom stereocenters. The van der Waals surface area contributed by atoms with Gasteiger partial charge in [-0.05, 0) is 6.42 Å². The van der Waals surface area contributed by atoms with E-state index in [2.05, 4.69) is 0 Å². The van der Waals surface area contributed by atoms with E-state index in [-0.39, 0.29) is 30.9 Å². The number of hydrogen-bond acceptors (Lipinski definition) is 3. The number of amides is 2. The van der Waals surface area contributed by atoms with Gasteiger partial charge in [0.15, 0.2) is 0 Å². The quantitative estimate of drug-likeness (QED) is 0.596. The van der Waals surface area contributed by atoms with Gasteiger partial charge in [0.1, 0.15) is 0 Å². The Kier molecular flexibility index (Phi) is 2.81. The molecular formula is C8H13NO3. The van der Waals surface area contributed by atoms with Gasteiger partial charge in [0, 0.05) is 12.3 Å². The molecule has 1 rings (SSSR count). The van der Waals surface area contributed by atoms with E-state index in [1.165, 1.54) is 0 Å². The monoisotopic (exact) mass is 171 g/mol. The van der Waals surface area contributed by atoms with Crippen LogP contribution in [0.4, 0.5) is 0 Å². The molecule has 68 valence electrons. The zero-order valence-corrected chi connectivity index (χ0v) is 7.12. The fraction of sp³-hybridized carbons (Fsp3) is 0.750. The summed E-state index contributed by atoms with van der Waals surface area (Å²) in [6.45, 7) is 1.89. The van der Waals surface area contributed by atoms with Crippen LogP contribution in [0.5, 0.6) is 0 Å². The number of β-amino-alcohol motifs (C(OH)–C–C–N with tert-alkyl or cyclic N) is 1. The average molecular weight is 171 g/mol. The minimum Gasteiger partial charge on any atom is -0.395 e. The third-order valence-corrected chi connectivity index (χ3v) is 2.15. The largest absolute Gasteiger partial charge is 0.395 e. The Morgan fingerprint density at radius 2 is 2.25 bits per heavy atom. The average Bonchev–Trinajstić information content (AvgIpc) is 2.32. The van der Waals surface area contributed by atoms with Crippen molar-refractivity contribution in [2.45, 2.75) is 19.8 Å². The predicted molar refractivity (Wildman–Crippen MR) is 42.2 cm³/mol. The molecule has 12 heavy (non-hydrogen) atoms. The lowest BCUT2D eigenvalue weighted by Gasteiger charge is -2.11. The van der Waals surface area contributed by atoms with Crippen molar-refractivity contribution in [2.24, 2.45) is 5.92 Å². The maximum Gasteiger partial charge on any atom is 0.232 e. The van der Waals surface area contributed by atoms with Crippen molar-refractivity contribution in [3.63, 3.8) is 0 Å². The third-order valence-electron chi connectivity index (χ3n) is 2.15. The molecule has 0 aromatic carbocycles. The standard InChI is InChI=1S/C8H13NO3/c1-2-6-5-7(11)9(3-4-10)8(6)12/h6,10H,2-5H2,1H3. The highest BCUT2D eigenvalue weighted by molar-refractivity contribution is 6.03. The number of imide groups is 1. The molecule has 1 aliphatic heterocycles. The van der Waals surface area contributed by atoms with E-state index < -0.39 is 0 Å². The number of hydrogen-bond donors (Lipinski definition) is 1. The first-order valence-corrected chi connectivity index (χ1v) is 4.15. The molecule has 0 aliphatic carbocycles. The second kappa shape index (κ2) is 3.67. The third kappa shape index (κ3) is 1.48. The van der Waals surface area contributed by atoms with E-state index in [4.69, 9.17) is 5.11 Å². The molecule has 1 aliphatic rings. The highest BCUT2D eigenvalue weighted by atomic mass is 16.3. The Morgan fingerprint density at radius 1 is 1.58 bits per heavy atom. The summed E-state index contributed by atoms with van der Waals surface area (Å²) in [5.41, 5.74) is 0. The van der Waals surface area contributed by atoms with Crippen LogP contribution in [0, 0.1) is 5.92 Å². The topological polar surface area (TPSA) is 57.6 Å². The highest BCUT2D eigenvalue weighted by Gasteiger charge is 2.36. The Hall–Kier alpha value is -0.900. The Balaban J connectivity index is 2.64. The van der Waals surface area contributed by atoms with Gasteiger partial charge in [0.25, 0.3) is 0 Å². The molecule has 1 N–H and O–H groups in total. The fourth-order valence-corrected chi connectivity index (χ4v) is 1.41. The molecule has 0 aromatic rings. The highest BCUT2D eigenvalue weighted by Crippen LogP contribution is 2.21. The Morgan fingerprint density at radius 3 is 2.67 bits per heavy atom. The van der Waals surface area contributed by atoms with Crippen LogP contribution in [-0.4, -0.2) is 35.0 Å². The lowest BCUT2D eigenvalue weighted by Crippen LogP contribution is -2.33. The molecule has 0 aromatic heterocycles. The number of aliphatic hydroxyl groups is 1. The SMILES string of the molecule is CCC1CC(=O)N(CCO)C1=O. The maximum atomic E-state index is 11.3. The minimum absolute atomic E-state index is 0.128. The van der Waals surface area contributed by atoms with Crippen molar-refractivity contribution in [3.8, 4) is 0 Å². The molecular weight excluding hydrogens is 158 g/mol. The van der Waals surface area contributed by atoms with Gasteiger partial charge in [-0.15, -0.1) is 0 Å². The van der Waals surface area contributed by atoms with E-state index in [1.54, 1.807) is 0 Å². The molecule has 0 radical (unpaired) electrons. The van der Waals surface area contributed by atoms with Crippen LogP contribution in [0.25, 0.3) is 0 Å². The van der Waals surface area contributed by atoms with Crippen LogP contribution in [0.2, 0.25) is 0 Å². The summed E-state index contributed by atoms with van der Waals surface area (Å²) in [4.78, 5) is 23.6. The second-order valence-corrected chi connectivity index (χ2v) is 2.92. The van der Waals surface area contributed by atoms with Crippen LogP contribution in [-0.2, 0) is 9.59 Å². The van der Waals surface area contributed by atoms with E-state index in [0.29, 0.717) is 12.8 Å². The van der Waals surface area contributed by atoms with Crippen LogP contribution < -0.4 is 0 Å². The summed E-state index contributed by atoms with van der Waals surface area (Å²) >= 11 is 0. The molecule has 0 spiro atoms. The molecule has 1 heterocycles. The predicted octanol–water partition coefficient (Wildman–Crippen LogP) is -0.236. The summed E-state index contributed by atoms with van der Waals surface area (Å²) in [5, 5.41) is 8.58. The summed E-state index contributed by atoms with van der Waals surface area (Å²) in [5.74, 6) is -0.429. The molecule has 0 bridgehead atoms. The van der Waals surface area contributed by atoms with Crippen molar-refractivity contribution >= 4 is 11.8 Å². The molecule has 2 amide bonds. The van der Waals surface area contributed by atoms with Gasteiger partial charge < -0.3 is 5.11 Å². The zero-order chi connectivity index (χ0) is 9.14. The number of likely N-dealkylation sites (tertiary alicyclic amines) is 1. The number of carbonyl (C=O) groups is 2. The van der Waals surface area contributed by atoms with E-state index in [0.717, 1.165) is 4.90 Å². The van der Waals surface area contributed by atoms with E-state index in [1.807, 2.05) is 6.92 Å². The molecule has 1 saturated heterocycles.